The fourth-order valence-corrected chi connectivity index (χ4v) is 4.07. The van der Waals surface area contributed by atoms with E-state index in [0.29, 0.717) is 11.6 Å². The molecular weight excluding hydrogens is 360 g/mol. The summed E-state index contributed by atoms with van der Waals surface area (Å²) >= 11 is 0. The zero-order valence-electron chi connectivity index (χ0n) is 17.9. The Morgan fingerprint density at radius 1 is 1.10 bits per heavy atom. The average Bonchev–Trinajstić information content (AvgIpc) is 3.13. The Labute approximate surface area is 172 Å². The van der Waals surface area contributed by atoms with Crippen LogP contribution in [0.5, 0.6) is 0 Å². The van der Waals surface area contributed by atoms with Gasteiger partial charge in [0.25, 0.3) is 5.91 Å². The largest absolute Gasteiger partial charge is 0.337 e. The van der Waals surface area contributed by atoms with Crippen molar-refractivity contribution in [3.8, 4) is 0 Å². The number of piperidine rings is 1. The summed E-state index contributed by atoms with van der Waals surface area (Å²) in [5.74, 6) is 0.695. The molecule has 1 saturated heterocycles. The van der Waals surface area contributed by atoms with Gasteiger partial charge in [-0.05, 0) is 43.7 Å². The molecule has 5 nitrogen and oxygen atoms in total. The highest BCUT2D eigenvalue weighted by molar-refractivity contribution is 5.93. The predicted octanol–water partition coefficient (Wildman–Crippen LogP) is 4.43. The maximum atomic E-state index is 13.3. The monoisotopic (exact) mass is 390 g/mol. The van der Waals surface area contributed by atoms with Gasteiger partial charge in [0.2, 0.25) is 0 Å². The molecule has 0 bridgehead atoms. The summed E-state index contributed by atoms with van der Waals surface area (Å²) < 4.78 is 1.73. The fourth-order valence-electron chi connectivity index (χ4n) is 4.07. The lowest BCUT2D eigenvalue weighted by Crippen LogP contribution is -2.39. The van der Waals surface area contributed by atoms with Crippen LogP contribution in [0.4, 0.5) is 0 Å². The van der Waals surface area contributed by atoms with Crippen molar-refractivity contribution in [1.29, 1.82) is 0 Å². The Hall–Kier alpha value is -2.69. The maximum Gasteiger partial charge on any atom is 0.272 e. The maximum absolute atomic E-state index is 13.3. The Kier molecular flexibility index (Phi) is 5.15. The number of aromatic nitrogens is 3. The minimum atomic E-state index is -0.0856. The summed E-state index contributed by atoms with van der Waals surface area (Å²) in [6.07, 6.45) is 3.18. The Morgan fingerprint density at radius 2 is 1.79 bits per heavy atom. The minimum Gasteiger partial charge on any atom is -0.337 e. The van der Waals surface area contributed by atoms with Gasteiger partial charge in [-0.15, -0.1) is 0 Å². The van der Waals surface area contributed by atoms with Crippen LogP contribution in [0, 0.1) is 12.8 Å². The van der Waals surface area contributed by atoms with Crippen LogP contribution in [-0.2, 0) is 11.8 Å². The highest BCUT2D eigenvalue weighted by Crippen LogP contribution is 2.25. The van der Waals surface area contributed by atoms with Crippen LogP contribution in [0.2, 0.25) is 0 Å². The normalized spacial score (nSPS) is 15.8. The van der Waals surface area contributed by atoms with Gasteiger partial charge in [0, 0.05) is 30.3 Å². The molecule has 1 fully saturated rings. The number of carbonyl (C=O) groups is 1. The van der Waals surface area contributed by atoms with Gasteiger partial charge in [-0.2, -0.15) is 5.10 Å². The van der Waals surface area contributed by atoms with Gasteiger partial charge < -0.3 is 4.90 Å². The van der Waals surface area contributed by atoms with Crippen LogP contribution < -0.4 is 0 Å². The predicted molar refractivity (Wildman–Crippen MR) is 115 cm³/mol. The van der Waals surface area contributed by atoms with Crippen LogP contribution in [-0.4, -0.2) is 38.5 Å². The van der Waals surface area contributed by atoms with E-state index in [-0.39, 0.29) is 11.3 Å². The van der Waals surface area contributed by atoms with E-state index in [9.17, 15) is 4.79 Å². The molecule has 0 aliphatic carbocycles. The number of amides is 1. The molecule has 1 amide bonds. The van der Waals surface area contributed by atoms with Gasteiger partial charge in [-0.1, -0.05) is 51.1 Å². The molecule has 5 heteroatoms. The molecule has 0 atom stereocenters. The summed E-state index contributed by atoms with van der Waals surface area (Å²) in [6.45, 7) is 9.91. The molecule has 0 saturated carbocycles. The zero-order valence-corrected chi connectivity index (χ0v) is 17.9. The SMILES string of the molecule is Cc1cc(C(=O)N2CCC(Cc3ccccc3)CC2)n2nc(C(C)(C)C)cc2n1. The first kappa shape index (κ1) is 19.6. The van der Waals surface area contributed by atoms with E-state index in [0.717, 1.165) is 49.4 Å². The quantitative estimate of drug-likeness (QED) is 0.665. The van der Waals surface area contributed by atoms with Gasteiger partial charge in [-0.25, -0.2) is 9.50 Å². The lowest BCUT2D eigenvalue weighted by molar-refractivity contribution is 0.0681. The molecule has 3 aromatic rings. The van der Waals surface area contributed by atoms with Crippen molar-refractivity contribution in [1.82, 2.24) is 19.5 Å². The van der Waals surface area contributed by atoms with Gasteiger partial charge in [0.1, 0.15) is 5.69 Å². The molecule has 152 valence electrons. The second kappa shape index (κ2) is 7.62. The first-order valence-electron chi connectivity index (χ1n) is 10.5. The van der Waals surface area contributed by atoms with Crippen molar-refractivity contribution in [2.45, 2.75) is 52.4 Å². The van der Waals surface area contributed by atoms with Crippen molar-refractivity contribution in [3.63, 3.8) is 0 Å². The van der Waals surface area contributed by atoms with E-state index in [2.05, 4.69) is 56.1 Å². The molecule has 2 aromatic heterocycles. The number of hydrogen-bond acceptors (Lipinski definition) is 3. The number of aryl methyl sites for hydroxylation is 1. The Bertz CT molecular complexity index is 1010. The molecular formula is C24H30N4O. The third kappa shape index (κ3) is 4.19. The summed E-state index contributed by atoms with van der Waals surface area (Å²) in [4.78, 5) is 19.9. The van der Waals surface area contributed by atoms with Crippen LogP contribution in [0.3, 0.4) is 0 Å². The number of rotatable bonds is 3. The number of carbonyl (C=O) groups excluding carboxylic acids is 1. The fraction of sp³-hybridized carbons (Fsp3) is 0.458. The molecule has 1 aliphatic heterocycles. The summed E-state index contributed by atoms with van der Waals surface area (Å²) in [6, 6.07) is 14.5. The van der Waals surface area contributed by atoms with Crippen molar-refractivity contribution in [2.75, 3.05) is 13.1 Å². The number of nitrogens with zero attached hydrogens (tertiary/aromatic N) is 4. The number of benzene rings is 1. The lowest BCUT2D eigenvalue weighted by Gasteiger charge is -2.32. The molecule has 1 aliphatic rings. The molecule has 1 aromatic carbocycles. The average molecular weight is 391 g/mol. The van der Waals surface area contributed by atoms with Gasteiger partial charge in [0.15, 0.2) is 5.65 Å². The molecule has 3 heterocycles. The smallest absolute Gasteiger partial charge is 0.272 e. The Morgan fingerprint density at radius 3 is 2.45 bits per heavy atom. The van der Waals surface area contributed by atoms with Crippen molar-refractivity contribution in [3.05, 3.63) is 65.1 Å². The van der Waals surface area contributed by atoms with E-state index < -0.39 is 0 Å². The molecule has 4 rings (SSSR count). The van der Waals surface area contributed by atoms with Gasteiger partial charge in [0.05, 0.1) is 5.69 Å². The van der Waals surface area contributed by atoms with Crippen LogP contribution in [0.1, 0.15) is 61.1 Å². The molecule has 0 N–H and O–H groups in total. The highest BCUT2D eigenvalue weighted by atomic mass is 16.2. The van der Waals surface area contributed by atoms with Crippen LogP contribution in [0.25, 0.3) is 5.65 Å². The lowest BCUT2D eigenvalue weighted by atomic mass is 9.90. The third-order valence-corrected chi connectivity index (χ3v) is 5.81. The second-order valence-corrected chi connectivity index (χ2v) is 9.26. The first-order chi connectivity index (χ1) is 13.8. The molecule has 0 radical (unpaired) electrons. The number of hydrogen-bond donors (Lipinski definition) is 0. The molecule has 0 spiro atoms. The number of fused-ring (bicyclic) bond motifs is 1. The molecule has 29 heavy (non-hydrogen) atoms. The van der Waals surface area contributed by atoms with E-state index in [1.54, 1.807) is 4.52 Å². The van der Waals surface area contributed by atoms with Crippen molar-refractivity contribution < 1.29 is 4.79 Å². The van der Waals surface area contributed by atoms with E-state index >= 15 is 0 Å². The number of likely N-dealkylation sites (tertiary alicyclic amines) is 1. The summed E-state index contributed by atoms with van der Waals surface area (Å²) in [7, 11) is 0. The van der Waals surface area contributed by atoms with Crippen LogP contribution >= 0.6 is 0 Å². The topological polar surface area (TPSA) is 50.5 Å². The van der Waals surface area contributed by atoms with E-state index in [1.807, 2.05) is 24.0 Å². The van der Waals surface area contributed by atoms with Gasteiger partial charge >= 0.3 is 0 Å². The minimum absolute atomic E-state index is 0.0576. The second-order valence-electron chi connectivity index (χ2n) is 9.26. The molecule has 0 unspecified atom stereocenters. The van der Waals surface area contributed by atoms with Crippen molar-refractivity contribution >= 4 is 11.6 Å². The van der Waals surface area contributed by atoms with Crippen LogP contribution in [0.15, 0.2) is 42.5 Å². The Balaban J connectivity index is 1.51. The van der Waals surface area contributed by atoms with Gasteiger partial charge in [-0.3, -0.25) is 4.79 Å². The van der Waals surface area contributed by atoms with E-state index in [1.165, 1.54) is 5.56 Å². The zero-order chi connectivity index (χ0) is 20.6. The first-order valence-corrected chi connectivity index (χ1v) is 10.5. The summed E-state index contributed by atoms with van der Waals surface area (Å²) in [5.41, 5.74) is 4.46. The van der Waals surface area contributed by atoms with Crippen molar-refractivity contribution in [2.24, 2.45) is 5.92 Å². The third-order valence-electron chi connectivity index (χ3n) is 5.81. The standard InChI is InChI=1S/C24H30N4O/c1-17-14-20(28-22(25-17)16-21(26-28)24(2,3)4)23(29)27-12-10-19(11-13-27)15-18-8-6-5-7-9-18/h5-9,14,16,19H,10-13,15H2,1-4H3. The summed E-state index contributed by atoms with van der Waals surface area (Å²) in [5, 5.41) is 4.72. The highest BCUT2D eigenvalue weighted by Gasteiger charge is 2.27. The van der Waals surface area contributed by atoms with E-state index in [4.69, 9.17) is 5.10 Å².